The molecule has 1 aliphatic rings. The second-order valence-electron chi connectivity index (χ2n) is 9.71. The summed E-state index contributed by atoms with van der Waals surface area (Å²) in [6, 6.07) is 4.15. The number of aryl methyl sites for hydroxylation is 1. The van der Waals surface area contributed by atoms with E-state index >= 15 is 0 Å². The molecule has 1 N–H and O–H groups in total. The summed E-state index contributed by atoms with van der Waals surface area (Å²) in [6.45, 7) is 8.71. The lowest BCUT2D eigenvalue weighted by atomic mass is 9.80. The Balaban J connectivity index is 1.41. The highest BCUT2D eigenvalue weighted by Crippen LogP contribution is 2.36. The summed E-state index contributed by atoms with van der Waals surface area (Å²) in [5, 5.41) is 8.89. The molecule has 1 saturated carbocycles. The molecular formula is C22H32N6O2S. The van der Waals surface area contributed by atoms with E-state index in [9.17, 15) is 8.42 Å². The Labute approximate surface area is 184 Å². The molecule has 0 spiro atoms. The van der Waals surface area contributed by atoms with Crippen LogP contribution < -0.4 is 4.72 Å². The summed E-state index contributed by atoms with van der Waals surface area (Å²) in [5.74, 6) is 0.745. The summed E-state index contributed by atoms with van der Waals surface area (Å²) in [4.78, 5) is 4.76. The van der Waals surface area contributed by atoms with E-state index in [1.54, 1.807) is 18.7 Å². The Kier molecular flexibility index (Phi) is 5.68. The van der Waals surface area contributed by atoms with E-state index in [1.807, 2.05) is 10.7 Å². The molecule has 0 atom stereocenters. The van der Waals surface area contributed by atoms with Crippen LogP contribution in [0.5, 0.6) is 0 Å². The van der Waals surface area contributed by atoms with Gasteiger partial charge in [0.05, 0.1) is 17.6 Å². The standard InChI is InChI=1S/C22H32N6O2S/c1-15-19(14-24-27(15)5)31(29,30)25-13-16-6-8-17(9-7-16)18-10-11-23-21-12-20(22(2,3)4)26-28(18)21/h10-12,14,16-17,25H,6-9,13H2,1-5H3. The second-order valence-corrected chi connectivity index (χ2v) is 11.4. The lowest BCUT2D eigenvalue weighted by molar-refractivity contribution is 0.320. The van der Waals surface area contributed by atoms with Gasteiger partial charge in [0.25, 0.3) is 0 Å². The third kappa shape index (κ3) is 4.39. The molecule has 3 aromatic heterocycles. The van der Waals surface area contributed by atoms with Crippen LogP contribution in [-0.4, -0.2) is 39.3 Å². The van der Waals surface area contributed by atoms with Gasteiger partial charge in [0.15, 0.2) is 5.65 Å². The molecule has 1 fully saturated rings. The van der Waals surface area contributed by atoms with Crippen LogP contribution in [0.2, 0.25) is 0 Å². The van der Waals surface area contributed by atoms with Crippen molar-refractivity contribution in [3.8, 4) is 0 Å². The molecule has 0 radical (unpaired) electrons. The van der Waals surface area contributed by atoms with Gasteiger partial charge in [-0.3, -0.25) is 4.68 Å². The fourth-order valence-electron chi connectivity index (χ4n) is 4.30. The van der Waals surface area contributed by atoms with Crippen molar-refractivity contribution < 1.29 is 8.42 Å². The molecule has 4 rings (SSSR count). The molecule has 0 aliphatic heterocycles. The molecule has 0 unspecified atom stereocenters. The largest absolute Gasteiger partial charge is 0.272 e. The Bertz CT molecular complexity index is 1180. The van der Waals surface area contributed by atoms with Gasteiger partial charge in [0, 0.05) is 42.9 Å². The van der Waals surface area contributed by atoms with Gasteiger partial charge in [-0.25, -0.2) is 22.6 Å². The number of sulfonamides is 1. The summed E-state index contributed by atoms with van der Waals surface area (Å²) < 4.78 is 31.7. The van der Waals surface area contributed by atoms with Crippen LogP contribution in [0.25, 0.3) is 5.65 Å². The zero-order valence-corrected chi connectivity index (χ0v) is 19.8. The third-order valence-corrected chi connectivity index (χ3v) is 7.99. The first kappa shape index (κ1) is 22.0. The molecule has 9 heteroatoms. The van der Waals surface area contributed by atoms with Gasteiger partial charge in [0.1, 0.15) is 4.90 Å². The first-order chi connectivity index (χ1) is 14.6. The maximum atomic E-state index is 12.6. The highest BCUT2D eigenvalue weighted by Gasteiger charge is 2.28. The Morgan fingerprint density at radius 1 is 1.19 bits per heavy atom. The maximum absolute atomic E-state index is 12.6. The average molecular weight is 445 g/mol. The minimum absolute atomic E-state index is 0.0214. The molecule has 0 bridgehead atoms. The van der Waals surface area contributed by atoms with Crippen LogP contribution in [0.3, 0.4) is 0 Å². The second kappa shape index (κ2) is 8.02. The van der Waals surface area contributed by atoms with E-state index < -0.39 is 10.0 Å². The summed E-state index contributed by atoms with van der Waals surface area (Å²) in [6.07, 6.45) is 7.28. The maximum Gasteiger partial charge on any atom is 0.243 e. The Morgan fingerprint density at radius 2 is 1.90 bits per heavy atom. The van der Waals surface area contributed by atoms with Crippen LogP contribution in [0.1, 0.15) is 69.5 Å². The lowest BCUT2D eigenvalue weighted by Gasteiger charge is -2.29. The molecule has 0 saturated heterocycles. The van der Waals surface area contributed by atoms with Gasteiger partial charge in [-0.1, -0.05) is 20.8 Å². The van der Waals surface area contributed by atoms with Crippen LogP contribution >= 0.6 is 0 Å². The van der Waals surface area contributed by atoms with Gasteiger partial charge in [-0.2, -0.15) is 10.2 Å². The quantitative estimate of drug-likeness (QED) is 0.651. The highest BCUT2D eigenvalue weighted by atomic mass is 32.2. The van der Waals surface area contributed by atoms with E-state index in [4.69, 9.17) is 5.10 Å². The third-order valence-electron chi connectivity index (χ3n) is 6.46. The molecule has 3 heterocycles. The van der Waals surface area contributed by atoms with Crippen LogP contribution in [0.4, 0.5) is 0 Å². The average Bonchev–Trinajstić information content (AvgIpc) is 3.31. The summed E-state index contributed by atoms with van der Waals surface area (Å²) >= 11 is 0. The van der Waals surface area contributed by atoms with Gasteiger partial charge >= 0.3 is 0 Å². The number of rotatable bonds is 5. The van der Waals surface area contributed by atoms with Crippen LogP contribution in [0, 0.1) is 12.8 Å². The fraction of sp³-hybridized carbons (Fsp3) is 0.591. The number of hydrogen-bond acceptors (Lipinski definition) is 5. The fourth-order valence-corrected chi connectivity index (χ4v) is 5.62. The predicted molar refractivity (Wildman–Crippen MR) is 120 cm³/mol. The van der Waals surface area contributed by atoms with Crippen LogP contribution in [-0.2, 0) is 22.5 Å². The molecule has 31 heavy (non-hydrogen) atoms. The van der Waals surface area contributed by atoms with E-state index in [1.165, 1.54) is 11.9 Å². The lowest BCUT2D eigenvalue weighted by Crippen LogP contribution is -2.31. The van der Waals surface area contributed by atoms with E-state index in [2.05, 4.69) is 47.7 Å². The molecule has 0 amide bonds. The summed E-state index contributed by atoms with van der Waals surface area (Å²) in [5.41, 5.74) is 3.76. The zero-order chi connectivity index (χ0) is 22.4. The van der Waals surface area contributed by atoms with E-state index in [0.717, 1.165) is 37.0 Å². The molecule has 8 nitrogen and oxygen atoms in total. The van der Waals surface area contributed by atoms with Gasteiger partial charge in [-0.15, -0.1) is 0 Å². The Morgan fingerprint density at radius 3 is 2.52 bits per heavy atom. The monoisotopic (exact) mass is 444 g/mol. The first-order valence-electron chi connectivity index (χ1n) is 10.9. The number of aromatic nitrogens is 5. The van der Waals surface area contributed by atoms with Crippen molar-refractivity contribution in [1.29, 1.82) is 0 Å². The van der Waals surface area contributed by atoms with Gasteiger partial charge in [0.2, 0.25) is 10.0 Å². The predicted octanol–water partition coefficient (Wildman–Crippen LogP) is 3.32. The Hall–Kier alpha value is -2.26. The minimum atomic E-state index is -3.53. The van der Waals surface area contributed by atoms with E-state index in [-0.39, 0.29) is 10.3 Å². The van der Waals surface area contributed by atoms with Crippen molar-refractivity contribution in [3.05, 3.63) is 41.6 Å². The molecule has 168 valence electrons. The van der Waals surface area contributed by atoms with Crippen LogP contribution in [0.15, 0.2) is 29.4 Å². The summed E-state index contributed by atoms with van der Waals surface area (Å²) in [7, 11) is -1.79. The first-order valence-corrected chi connectivity index (χ1v) is 12.4. The smallest absolute Gasteiger partial charge is 0.243 e. The zero-order valence-electron chi connectivity index (χ0n) is 19.0. The van der Waals surface area contributed by atoms with Crippen molar-refractivity contribution >= 4 is 15.7 Å². The molecule has 3 aromatic rings. The van der Waals surface area contributed by atoms with Crippen molar-refractivity contribution in [2.45, 2.75) is 69.6 Å². The van der Waals surface area contributed by atoms with Crippen molar-refractivity contribution in [2.24, 2.45) is 13.0 Å². The normalized spacial score (nSPS) is 20.4. The van der Waals surface area contributed by atoms with Crippen molar-refractivity contribution in [1.82, 2.24) is 29.1 Å². The molecule has 1 aliphatic carbocycles. The SMILES string of the molecule is Cc1c(S(=O)(=O)NCC2CCC(c3ccnc4cc(C(C)(C)C)nn34)CC2)cnn1C. The molecular weight excluding hydrogens is 412 g/mol. The van der Waals surface area contributed by atoms with Gasteiger partial charge < -0.3 is 0 Å². The molecule has 0 aromatic carbocycles. The van der Waals surface area contributed by atoms with E-state index in [0.29, 0.717) is 24.1 Å². The number of nitrogens with zero attached hydrogens (tertiary/aromatic N) is 5. The number of hydrogen-bond donors (Lipinski definition) is 1. The number of nitrogens with one attached hydrogen (secondary N) is 1. The minimum Gasteiger partial charge on any atom is -0.272 e. The van der Waals surface area contributed by atoms with Gasteiger partial charge in [-0.05, 0) is 44.6 Å². The van der Waals surface area contributed by atoms with Crippen molar-refractivity contribution in [3.63, 3.8) is 0 Å². The topological polar surface area (TPSA) is 94.2 Å². The number of fused-ring (bicyclic) bond motifs is 1. The van der Waals surface area contributed by atoms with Crippen molar-refractivity contribution in [2.75, 3.05) is 6.54 Å². The highest BCUT2D eigenvalue weighted by molar-refractivity contribution is 7.89.